The Balaban J connectivity index is 1.57. The van der Waals surface area contributed by atoms with E-state index in [0.29, 0.717) is 24.7 Å². The Morgan fingerprint density at radius 1 is 1.30 bits per heavy atom. The average Bonchev–Trinajstić information content (AvgIpc) is 3.11. The summed E-state index contributed by atoms with van der Waals surface area (Å²) in [6.07, 6.45) is 4.15. The second kappa shape index (κ2) is 9.08. The minimum atomic E-state index is -0.0398. The van der Waals surface area contributed by atoms with Gasteiger partial charge in [0.25, 0.3) is 5.91 Å². The first-order valence-electron chi connectivity index (χ1n) is 9.93. The molecule has 1 atom stereocenters. The molecule has 3 rings (SSSR count). The van der Waals surface area contributed by atoms with Gasteiger partial charge < -0.3 is 4.90 Å². The lowest BCUT2D eigenvalue weighted by atomic mass is 9.98. The number of rotatable bonds is 7. The maximum atomic E-state index is 12.4. The van der Waals surface area contributed by atoms with Gasteiger partial charge in [-0.1, -0.05) is 11.3 Å². The Bertz CT molecular complexity index is 754. The van der Waals surface area contributed by atoms with E-state index in [-0.39, 0.29) is 5.91 Å². The van der Waals surface area contributed by atoms with Crippen molar-refractivity contribution in [2.75, 3.05) is 26.2 Å². The van der Waals surface area contributed by atoms with Crippen molar-refractivity contribution in [3.05, 3.63) is 41.5 Å². The molecule has 1 amide bonds. The van der Waals surface area contributed by atoms with Crippen LogP contribution in [0, 0.1) is 12.8 Å². The van der Waals surface area contributed by atoms with E-state index in [2.05, 4.69) is 32.3 Å². The zero-order valence-corrected chi connectivity index (χ0v) is 16.6. The Morgan fingerprint density at radius 3 is 2.85 bits per heavy atom. The van der Waals surface area contributed by atoms with Gasteiger partial charge in [-0.2, -0.15) is 0 Å². The van der Waals surface area contributed by atoms with Gasteiger partial charge in [0.05, 0.1) is 11.9 Å². The quantitative estimate of drug-likeness (QED) is 0.749. The monoisotopic (exact) mass is 370 g/mol. The van der Waals surface area contributed by atoms with E-state index in [0.717, 1.165) is 37.6 Å². The zero-order valence-electron chi connectivity index (χ0n) is 16.6. The summed E-state index contributed by atoms with van der Waals surface area (Å²) >= 11 is 0. The number of likely N-dealkylation sites (tertiary alicyclic amines) is 1. The lowest BCUT2D eigenvalue weighted by Gasteiger charge is -2.32. The molecule has 0 saturated carbocycles. The molecule has 2 aromatic rings. The summed E-state index contributed by atoms with van der Waals surface area (Å²) in [5.74, 6) is 0.476. The van der Waals surface area contributed by atoms with Gasteiger partial charge in [0.2, 0.25) is 0 Å². The van der Waals surface area contributed by atoms with Crippen molar-refractivity contribution in [1.29, 1.82) is 0 Å². The summed E-state index contributed by atoms with van der Waals surface area (Å²) in [5, 5.41) is 8.28. The van der Waals surface area contributed by atoms with Crippen molar-refractivity contribution in [3.8, 4) is 0 Å². The predicted molar refractivity (Wildman–Crippen MR) is 104 cm³/mol. The van der Waals surface area contributed by atoms with Crippen molar-refractivity contribution in [3.63, 3.8) is 0 Å². The average molecular weight is 371 g/mol. The molecule has 0 bridgehead atoms. The number of hydrogen-bond acceptors (Lipinski definition) is 5. The highest BCUT2D eigenvalue weighted by Gasteiger charge is 2.22. The van der Waals surface area contributed by atoms with Crippen molar-refractivity contribution in [1.82, 2.24) is 29.8 Å². The van der Waals surface area contributed by atoms with E-state index in [1.165, 1.54) is 12.8 Å². The molecule has 7 nitrogen and oxygen atoms in total. The molecule has 0 unspecified atom stereocenters. The molecule has 1 fully saturated rings. The fourth-order valence-electron chi connectivity index (χ4n) is 3.78. The van der Waals surface area contributed by atoms with E-state index in [4.69, 9.17) is 0 Å². The summed E-state index contributed by atoms with van der Waals surface area (Å²) in [4.78, 5) is 21.2. The maximum absolute atomic E-state index is 12.4. The molecule has 7 heteroatoms. The van der Waals surface area contributed by atoms with Crippen molar-refractivity contribution < 1.29 is 4.79 Å². The number of piperidine rings is 1. The van der Waals surface area contributed by atoms with Crippen LogP contribution in [0.5, 0.6) is 0 Å². The molecular formula is C20H30N6O. The van der Waals surface area contributed by atoms with Gasteiger partial charge in [-0.3, -0.25) is 19.4 Å². The third-order valence-electron chi connectivity index (χ3n) is 5.19. The second-order valence-electron chi connectivity index (χ2n) is 7.32. The highest BCUT2D eigenvalue weighted by molar-refractivity contribution is 5.91. The first-order valence-corrected chi connectivity index (χ1v) is 9.93. The number of hydrogen-bond donors (Lipinski definition) is 0. The van der Waals surface area contributed by atoms with Crippen molar-refractivity contribution in [2.45, 2.75) is 46.7 Å². The highest BCUT2D eigenvalue weighted by atomic mass is 16.2. The van der Waals surface area contributed by atoms with E-state index in [9.17, 15) is 4.79 Å². The van der Waals surface area contributed by atoms with Crippen molar-refractivity contribution >= 4 is 5.91 Å². The predicted octanol–water partition coefficient (Wildman–Crippen LogP) is 2.38. The van der Waals surface area contributed by atoms with Crippen LogP contribution in [-0.2, 0) is 13.1 Å². The lowest BCUT2D eigenvalue weighted by Crippen LogP contribution is -2.36. The van der Waals surface area contributed by atoms with Gasteiger partial charge in [-0.15, -0.1) is 5.10 Å². The molecule has 0 aliphatic carbocycles. The first-order chi connectivity index (χ1) is 13.1. The summed E-state index contributed by atoms with van der Waals surface area (Å²) in [6, 6.07) is 6.20. The Kier molecular flexibility index (Phi) is 6.55. The SMILES string of the molecule is CCN(CC)C(=O)c1cn(C[C@H]2CCCN(Cc3cccc(C)n3)C2)nn1. The van der Waals surface area contributed by atoms with Crippen LogP contribution >= 0.6 is 0 Å². The van der Waals surface area contributed by atoms with E-state index >= 15 is 0 Å². The molecule has 0 N–H and O–H groups in total. The summed E-state index contributed by atoms with van der Waals surface area (Å²) in [7, 11) is 0. The molecule has 1 aliphatic rings. The molecule has 0 aromatic carbocycles. The molecule has 27 heavy (non-hydrogen) atoms. The second-order valence-corrected chi connectivity index (χ2v) is 7.32. The number of aromatic nitrogens is 4. The first kappa shape index (κ1) is 19.5. The topological polar surface area (TPSA) is 67.2 Å². The number of nitrogens with zero attached hydrogens (tertiary/aromatic N) is 6. The van der Waals surface area contributed by atoms with Gasteiger partial charge >= 0.3 is 0 Å². The van der Waals surface area contributed by atoms with Gasteiger partial charge in [0.1, 0.15) is 0 Å². The number of pyridine rings is 1. The van der Waals surface area contributed by atoms with E-state index < -0.39 is 0 Å². The summed E-state index contributed by atoms with van der Waals surface area (Å²) < 4.78 is 1.83. The van der Waals surface area contributed by atoms with E-state index in [1.54, 1.807) is 11.1 Å². The van der Waals surface area contributed by atoms with Crippen LogP contribution in [0.15, 0.2) is 24.4 Å². The zero-order chi connectivity index (χ0) is 19.2. The number of carbonyl (C=O) groups excluding carboxylic acids is 1. The minimum Gasteiger partial charge on any atom is -0.338 e. The summed E-state index contributed by atoms with van der Waals surface area (Å²) in [5.41, 5.74) is 2.63. The van der Waals surface area contributed by atoms with Crippen LogP contribution in [0.3, 0.4) is 0 Å². The molecule has 0 spiro atoms. The molecular weight excluding hydrogens is 340 g/mol. The number of carbonyl (C=O) groups is 1. The van der Waals surface area contributed by atoms with Crippen molar-refractivity contribution in [2.24, 2.45) is 5.92 Å². The number of amides is 1. The van der Waals surface area contributed by atoms with E-state index in [1.807, 2.05) is 31.5 Å². The van der Waals surface area contributed by atoms with Gasteiger partial charge in [-0.05, 0) is 58.2 Å². The smallest absolute Gasteiger partial charge is 0.276 e. The molecule has 1 saturated heterocycles. The fraction of sp³-hybridized carbons (Fsp3) is 0.600. The maximum Gasteiger partial charge on any atom is 0.276 e. The Labute approximate surface area is 161 Å². The van der Waals surface area contributed by atoms with Crippen LogP contribution < -0.4 is 0 Å². The third kappa shape index (κ3) is 5.13. The fourth-order valence-corrected chi connectivity index (χ4v) is 3.78. The van der Waals surface area contributed by atoms with Crippen LogP contribution in [-0.4, -0.2) is 61.9 Å². The van der Waals surface area contributed by atoms with Gasteiger partial charge in [-0.25, -0.2) is 0 Å². The number of aryl methyl sites for hydroxylation is 1. The molecule has 1 aliphatic heterocycles. The third-order valence-corrected chi connectivity index (χ3v) is 5.19. The van der Waals surface area contributed by atoms with Crippen LogP contribution in [0.25, 0.3) is 0 Å². The molecule has 2 aromatic heterocycles. The summed E-state index contributed by atoms with van der Waals surface area (Å²) in [6.45, 7) is 11.2. The molecule has 0 radical (unpaired) electrons. The minimum absolute atomic E-state index is 0.0398. The molecule has 146 valence electrons. The normalized spacial score (nSPS) is 17.8. The lowest BCUT2D eigenvalue weighted by molar-refractivity contribution is 0.0767. The Morgan fingerprint density at radius 2 is 2.11 bits per heavy atom. The molecule has 3 heterocycles. The Hall–Kier alpha value is -2.28. The standard InChI is InChI=1S/C20H30N6O/c1-4-25(5-2)20(27)19-15-26(23-22-19)13-17-9-7-11-24(12-17)14-18-10-6-8-16(3)21-18/h6,8,10,15,17H,4-5,7,9,11-14H2,1-3H3/t17-/m0/s1. The van der Waals surface area contributed by atoms with Gasteiger partial charge in [0.15, 0.2) is 5.69 Å². The van der Waals surface area contributed by atoms with Crippen LogP contribution in [0.4, 0.5) is 0 Å². The van der Waals surface area contributed by atoms with Crippen LogP contribution in [0.2, 0.25) is 0 Å². The highest BCUT2D eigenvalue weighted by Crippen LogP contribution is 2.20. The largest absolute Gasteiger partial charge is 0.338 e. The van der Waals surface area contributed by atoms with Gasteiger partial charge in [0, 0.05) is 38.4 Å². The van der Waals surface area contributed by atoms with Crippen LogP contribution in [0.1, 0.15) is 48.6 Å².